The summed E-state index contributed by atoms with van der Waals surface area (Å²) in [7, 11) is 0. The number of likely N-dealkylation sites (tertiary alicyclic amines) is 1. The van der Waals surface area contributed by atoms with E-state index in [1.165, 1.54) is 0 Å². The predicted molar refractivity (Wildman–Crippen MR) is 77.2 cm³/mol. The summed E-state index contributed by atoms with van der Waals surface area (Å²) >= 11 is 0. The summed E-state index contributed by atoms with van der Waals surface area (Å²) in [6.07, 6.45) is 1.92. The lowest BCUT2D eigenvalue weighted by Gasteiger charge is -2.17. The van der Waals surface area contributed by atoms with E-state index in [1.54, 1.807) is 0 Å². The van der Waals surface area contributed by atoms with E-state index in [4.69, 9.17) is 10.5 Å². The van der Waals surface area contributed by atoms with Gasteiger partial charge in [-0.25, -0.2) is 0 Å². The van der Waals surface area contributed by atoms with Gasteiger partial charge in [0.2, 0.25) is 0 Å². The van der Waals surface area contributed by atoms with Crippen molar-refractivity contribution in [3.8, 4) is 5.75 Å². The molecular weight excluding hydrogens is 240 g/mol. The molecule has 0 amide bonds. The van der Waals surface area contributed by atoms with E-state index in [9.17, 15) is 5.11 Å². The van der Waals surface area contributed by atoms with Gasteiger partial charge < -0.3 is 20.5 Å². The molecule has 1 saturated heterocycles. The SMILES string of the molecule is CC(O)C1CCN(CCCOc2cccc(N)c2)C1. The molecule has 0 radical (unpaired) electrons. The molecule has 1 heterocycles. The van der Waals surface area contributed by atoms with Crippen LogP contribution in [0.3, 0.4) is 0 Å². The van der Waals surface area contributed by atoms with Crippen molar-refractivity contribution < 1.29 is 9.84 Å². The highest BCUT2D eigenvalue weighted by molar-refractivity contribution is 5.43. The molecule has 0 bridgehead atoms. The standard InChI is InChI=1S/C15H24N2O2/c1-12(18)13-6-8-17(11-13)7-3-9-19-15-5-2-4-14(16)10-15/h2,4-5,10,12-13,18H,3,6-9,11,16H2,1H3. The van der Waals surface area contributed by atoms with Gasteiger partial charge in [0.05, 0.1) is 12.7 Å². The first-order valence-corrected chi connectivity index (χ1v) is 7.04. The van der Waals surface area contributed by atoms with Crippen LogP contribution < -0.4 is 10.5 Å². The fraction of sp³-hybridized carbons (Fsp3) is 0.600. The first-order valence-electron chi connectivity index (χ1n) is 7.04. The highest BCUT2D eigenvalue weighted by atomic mass is 16.5. The minimum atomic E-state index is -0.187. The molecule has 4 heteroatoms. The molecule has 4 nitrogen and oxygen atoms in total. The average molecular weight is 264 g/mol. The number of ether oxygens (including phenoxy) is 1. The Labute approximate surface area is 115 Å². The van der Waals surface area contributed by atoms with Gasteiger partial charge in [0.25, 0.3) is 0 Å². The summed E-state index contributed by atoms with van der Waals surface area (Å²) in [5.74, 6) is 1.28. The van der Waals surface area contributed by atoms with E-state index >= 15 is 0 Å². The third kappa shape index (κ3) is 4.40. The molecule has 3 N–H and O–H groups in total. The zero-order valence-corrected chi connectivity index (χ0v) is 11.6. The molecule has 1 fully saturated rings. The number of hydrogen-bond acceptors (Lipinski definition) is 4. The second kappa shape index (κ2) is 6.78. The molecule has 2 atom stereocenters. The Bertz CT molecular complexity index is 395. The number of nitrogen functional groups attached to an aromatic ring is 1. The predicted octanol–water partition coefficient (Wildman–Crippen LogP) is 1.74. The first kappa shape index (κ1) is 14.2. The number of nitrogens with zero attached hydrogens (tertiary/aromatic N) is 1. The van der Waals surface area contributed by atoms with Crippen LogP contribution >= 0.6 is 0 Å². The van der Waals surface area contributed by atoms with Gasteiger partial charge in [-0.3, -0.25) is 0 Å². The number of hydrogen-bond donors (Lipinski definition) is 2. The van der Waals surface area contributed by atoms with Crippen molar-refractivity contribution in [2.75, 3.05) is 32.0 Å². The van der Waals surface area contributed by atoms with Gasteiger partial charge >= 0.3 is 0 Å². The first-order chi connectivity index (χ1) is 9.15. The molecule has 2 unspecified atom stereocenters. The van der Waals surface area contributed by atoms with E-state index in [1.807, 2.05) is 31.2 Å². The van der Waals surface area contributed by atoms with Crippen molar-refractivity contribution in [1.29, 1.82) is 0 Å². The number of benzene rings is 1. The van der Waals surface area contributed by atoms with Crippen LogP contribution in [0, 0.1) is 5.92 Å². The Morgan fingerprint density at radius 2 is 2.37 bits per heavy atom. The summed E-state index contributed by atoms with van der Waals surface area (Å²) in [6.45, 7) is 5.73. The van der Waals surface area contributed by atoms with Crippen molar-refractivity contribution in [3.05, 3.63) is 24.3 Å². The van der Waals surface area contributed by atoms with E-state index in [0.717, 1.165) is 43.9 Å². The maximum absolute atomic E-state index is 9.55. The monoisotopic (exact) mass is 264 g/mol. The summed E-state index contributed by atoms with van der Waals surface area (Å²) in [4.78, 5) is 2.40. The van der Waals surface area contributed by atoms with Crippen LogP contribution in [-0.4, -0.2) is 42.4 Å². The summed E-state index contributed by atoms with van der Waals surface area (Å²) in [6, 6.07) is 7.53. The third-order valence-corrected chi connectivity index (χ3v) is 3.74. The molecule has 0 saturated carbocycles. The van der Waals surface area contributed by atoms with Crippen LogP contribution in [0.5, 0.6) is 5.75 Å². The van der Waals surface area contributed by atoms with Gasteiger partial charge in [0.15, 0.2) is 0 Å². The molecule has 1 aliphatic heterocycles. The molecule has 0 aliphatic carbocycles. The quantitative estimate of drug-likeness (QED) is 0.607. The largest absolute Gasteiger partial charge is 0.493 e. The van der Waals surface area contributed by atoms with Gasteiger partial charge in [0.1, 0.15) is 5.75 Å². The minimum absolute atomic E-state index is 0.187. The van der Waals surface area contributed by atoms with Gasteiger partial charge in [-0.15, -0.1) is 0 Å². The lowest BCUT2D eigenvalue weighted by atomic mass is 10.0. The Morgan fingerprint density at radius 1 is 1.53 bits per heavy atom. The van der Waals surface area contributed by atoms with Crippen LogP contribution in [0.4, 0.5) is 5.69 Å². The van der Waals surface area contributed by atoms with Gasteiger partial charge in [0, 0.05) is 24.8 Å². The smallest absolute Gasteiger partial charge is 0.121 e. The average Bonchev–Trinajstić information content (AvgIpc) is 2.84. The molecule has 19 heavy (non-hydrogen) atoms. The maximum Gasteiger partial charge on any atom is 0.121 e. The van der Waals surface area contributed by atoms with Crippen molar-refractivity contribution in [3.63, 3.8) is 0 Å². The second-order valence-electron chi connectivity index (χ2n) is 5.36. The molecule has 2 rings (SSSR count). The minimum Gasteiger partial charge on any atom is -0.493 e. The van der Waals surface area contributed by atoms with Crippen LogP contribution in [0.25, 0.3) is 0 Å². The van der Waals surface area contributed by atoms with Crippen molar-refractivity contribution in [1.82, 2.24) is 4.90 Å². The van der Waals surface area contributed by atoms with Crippen LogP contribution in [0.15, 0.2) is 24.3 Å². The Morgan fingerprint density at radius 3 is 3.05 bits per heavy atom. The normalized spacial score (nSPS) is 21.5. The van der Waals surface area contributed by atoms with Gasteiger partial charge in [-0.2, -0.15) is 0 Å². The number of nitrogens with two attached hydrogens (primary N) is 1. The highest BCUT2D eigenvalue weighted by Gasteiger charge is 2.25. The second-order valence-corrected chi connectivity index (χ2v) is 5.36. The fourth-order valence-corrected chi connectivity index (χ4v) is 2.54. The molecule has 1 aromatic carbocycles. The van der Waals surface area contributed by atoms with Gasteiger partial charge in [-0.05, 0) is 44.4 Å². The van der Waals surface area contributed by atoms with E-state index in [0.29, 0.717) is 12.5 Å². The highest BCUT2D eigenvalue weighted by Crippen LogP contribution is 2.20. The van der Waals surface area contributed by atoms with Crippen molar-refractivity contribution in [2.45, 2.75) is 25.9 Å². The van der Waals surface area contributed by atoms with E-state index < -0.39 is 0 Å². The topological polar surface area (TPSA) is 58.7 Å². The molecule has 0 spiro atoms. The summed E-state index contributed by atoms with van der Waals surface area (Å²) in [5.41, 5.74) is 6.43. The van der Waals surface area contributed by atoms with Gasteiger partial charge in [-0.1, -0.05) is 6.07 Å². The summed E-state index contributed by atoms with van der Waals surface area (Å²) < 4.78 is 5.66. The fourth-order valence-electron chi connectivity index (χ4n) is 2.54. The zero-order chi connectivity index (χ0) is 13.7. The summed E-state index contributed by atoms with van der Waals surface area (Å²) in [5, 5.41) is 9.55. The lowest BCUT2D eigenvalue weighted by molar-refractivity contribution is 0.127. The number of rotatable bonds is 6. The molecule has 1 aromatic rings. The third-order valence-electron chi connectivity index (χ3n) is 3.74. The maximum atomic E-state index is 9.55. The molecular formula is C15H24N2O2. The zero-order valence-electron chi connectivity index (χ0n) is 11.6. The van der Waals surface area contributed by atoms with Crippen molar-refractivity contribution in [2.24, 2.45) is 5.92 Å². The van der Waals surface area contributed by atoms with Crippen LogP contribution in [0.1, 0.15) is 19.8 Å². The number of aliphatic hydroxyl groups excluding tert-OH is 1. The molecule has 1 aliphatic rings. The molecule has 106 valence electrons. The van der Waals surface area contributed by atoms with E-state index in [-0.39, 0.29) is 6.10 Å². The Hall–Kier alpha value is -1.26. The van der Waals surface area contributed by atoms with Crippen LogP contribution in [-0.2, 0) is 0 Å². The number of anilines is 1. The van der Waals surface area contributed by atoms with Crippen molar-refractivity contribution >= 4 is 5.69 Å². The Balaban J connectivity index is 1.62. The lowest BCUT2D eigenvalue weighted by Crippen LogP contribution is -2.26. The number of aliphatic hydroxyl groups is 1. The Kier molecular flexibility index (Phi) is 5.05. The van der Waals surface area contributed by atoms with Crippen LogP contribution in [0.2, 0.25) is 0 Å². The van der Waals surface area contributed by atoms with E-state index in [2.05, 4.69) is 4.90 Å². The molecule has 0 aromatic heterocycles.